The van der Waals surface area contributed by atoms with Crippen LogP contribution in [0, 0.1) is 0 Å². The second-order valence-corrected chi connectivity index (χ2v) is 13.6. The van der Waals surface area contributed by atoms with Crippen molar-refractivity contribution in [2.75, 3.05) is 13.7 Å². The summed E-state index contributed by atoms with van der Waals surface area (Å²) in [7, 11) is 1.30. The van der Waals surface area contributed by atoms with E-state index in [1.54, 1.807) is 11.0 Å². The molecule has 0 fully saturated rings. The van der Waals surface area contributed by atoms with Crippen LogP contribution in [0.5, 0.6) is 0 Å². The van der Waals surface area contributed by atoms with Gasteiger partial charge in [0.1, 0.15) is 24.4 Å². The van der Waals surface area contributed by atoms with Crippen LogP contribution in [0.15, 0.2) is 163 Å². The molecule has 1 amide bonds. The lowest BCUT2D eigenvalue weighted by molar-refractivity contribution is -0.194. The lowest BCUT2D eigenvalue weighted by Crippen LogP contribution is -2.62. The normalized spacial score (nSPS) is 17.5. The van der Waals surface area contributed by atoms with Gasteiger partial charge in [-0.2, -0.15) is 0 Å². The van der Waals surface area contributed by atoms with E-state index >= 15 is 0 Å². The van der Waals surface area contributed by atoms with Gasteiger partial charge in [-0.3, -0.25) is 4.79 Å². The topological polar surface area (TPSA) is 92.8 Å². The predicted molar refractivity (Wildman–Crippen MR) is 213 cm³/mol. The molecule has 56 heavy (non-hydrogen) atoms. The summed E-state index contributed by atoms with van der Waals surface area (Å²) in [6.45, 7) is 2.86. The summed E-state index contributed by atoms with van der Waals surface area (Å²) < 4.78 is 38.6. The largest absolute Gasteiger partial charge is 0.478 e. The first kappa shape index (κ1) is 40.1. The van der Waals surface area contributed by atoms with E-state index in [0.29, 0.717) is 6.61 Å². The van der Waals surface area contributed by atoms with Gasteiger partial charge in [0.25, 0.3) is 0 Å². The average Bonchev–Trinajstić information content (AvgIpc) is 3.25. The quantitative estimate of drug-likeness (QED) is 0.0788. The van der Waals surface area contributed by atoms with Crippen LogP contribution in [-0.2, 0) is 71.0 Å². The van der Waals surface area contributed by atoms with Gasteiger partial charge in [-0.05, 0) is 33.9 Å². The summed E-state index contributed by atoms with van der Waals surface area (Å²) in [5, 5.41) is 0. The van der Waals surface area contributed by atoms with Crippen molar-refractivity contribution in [2.24, 2.45) is 0 Å². The Hall–Kier alpha value is -5.58. The first-order valence-corrected chi connectivity index (χ1v) is 18.8. The number of esters is 1. The Morgan fingerprint density at radius 3 is 1.59 bits per heavy atom. The maximum absolute atomic E-state index is 13.9. The number of rotatable bonds is 19. The van der Waals surface area contributed by atoms with Gasteiger partial charge in [-0.25, -0.2) is 4.79 Å². The summed E-state index contributed by atoms with van der Waals surface area (Å²) in [6, 6.07) is 48.2. The molecule has 0 aromatic heterocycles. The molecule has 9 heteroatoms. The molecule has 1 heterocycles. The number of carbonyl (C=O) groups excluding carboxylic acids is 2. The molecule has 0 unspecified atom stereocenters. The Morgan fingerprint density at radius 1 is 0.625 bits per heavy atom. The number of benzene rings is 5. The monoisotopic (exact) mass is 755 g/mol. The smallest absolute Gasteiger partial charge is 0.373 e. The van der Waals surface area contributed by atoms with Crippen molar-refractivity contribution >= 4 is 11.9 Å². The van der Waals surface area contributed by atoms with Crippen molar-refractivity contribution in [3.05, 3.63) is 191 Å². The number of carbonyl (C=O) groups is 2. The van der Waals surface area contributed by atoms with Crippen LogP contribution >= 0.6 is 0 Å². The predicted octanol–water partition coefficient (Wildman–Crippen LogP) is 7.83. The van der Waals surface area contributed by atoms with E-state index in [4.69, 9.17) is 28.4 Å². The Balaban J connectivity index is 1.44. The number of hydrogen-bond donors (Lipinski definition) is 0. The minimum atomic E-state index is -0.993. The molecule has 6 rings (SSSR count). The number of hydrogen-bond acceptors (Lipinski definition) is 8. The first-order chi connectivity index (χ1) is 27.5. The van der Waals surface area contributed by atoms with Gasteiger partial charge in [-0.1, -0.05) is 152 Å². The molecule has 0 saturated heterocycles. The molecule has 1 aliphatic rings. The Labute approximate surface area is 329 Å². The molecule has 0 aliphatic carbocycles. The number of amides is 1. The van der Waals surface area contributed by atoms with E-state index in [9.17, 15) is 9.59 Å². The maximum Gasteiger partial charge on any atom is 0.373 e. The number of nitrogens with zero attached hydrogens (tertiary/aromatic N) is 1. The first-order valence-electron chi connectivity index (χ1n) is 18.8. The van der Waals surface area contributed by atoms with Crippen LogP contribution in [0.2, 0.25) is 0 Å². The molecule has 0 saturated carbocycles. The Morgan fingerprint density at radius 2 is 1.09 bits per heavy atom. The van der Waals surface area contributed by atoms with E-state index in [2.05, 4.69) is 0 Å². The number of ether oxygens (including phenoxy) is 6. The minimum absolute atomic E-state index is 0.0460. The molecule has 0 radical (unpaired) electrons. The minimum Gasteiger partial charge on any atom is -0.478 e. The van der Waals surface area contributed by atoms with Crippen LogP contribution < -0.4 is 0 Å². The molecule has 0 spiro atoms. The molecule has 9 nitrogen and oxygen atoms in total. The second kappa shape index (κ2) is 20.9. The second-order valence-electron chi connectivity index (χ2n) is 13.6. The fourth-order valence-corrected chi connectivity index (χ4v) is 6.71. The van der Waals surface area contributed by atoms with Gasteiger partial charge < -0.3 is 33.3 Å². The molecule has 1 aliphatic heterocycles. The van der Waals surface area contributed by atoms with E-state index in [-0.39, 0.29) is 44.6 Å². The summed E-state index contributed by atoms with van der Waals surface area (Å²) in [4.78, 5) is 29.0. The molecule has 0 bridgehead atoms. The highest BCUT2D eigenvalue weighted by Crippen LogP contribution is 2.33. The van der Waals surface area contributed by atoms with Crippen LogP contribution in [0.1, 0.15) is 34.7 Å². The number of methoxy groups -OCH3 is 1. The van der Waals surface area contributed by atoms with Gasteiger partial charge in [0.05, 0.1) is 40.1 Å². The zero-order valence-corrected chi connectivity index (χ0v) is 31.9. The molecule has 5 aromatic rings. The van der Waals surface area contributed by atoms with Crippen molar-refractivity contribution in [1.29, 1.82) is 0 Å². The SMILES string of the molecule is COC(=O)C1=C[C@@H](OCc2ccccc2)[C@@H](N(Cc2ccccc2)C(C)=O)[C@H]([C@H](OCc2ccccc2)[C@@H](COCc2ccccc2)OCc2ccccc2)O1. The van der Waals surface area contributed by atoms with E-state index in [1.807, 2.05) is 152 Å². The fraction of sp³-hybridized carbons (Fsp3) is 0.277. The van der Waals surface area contributed by atoms with Crippen LogP contribution in [0.4, 0.5) is 0 Å². The molecular formula is C47H49NO8. The summed E-state index contributed by atoms with van der Waals surface area (Å²) >= 11 is 0. The van der Waals surface area contributed by atoms with E-state index in [0.717, 1.165) is 27.8 Å². The zero-order chi connectivity index (χ0) is 39.0. The molecule has 5 atom stereocenters. The van der Waals surface area contributed by atoms with Gasteiger partial charge in [0.2, 0.25) is 11.7 Å². The molecule has 5 aromatic carbocycles. The molecular weight excluding hydrogens is 707 g/mol. The van der Waals surface area contributed by atoms with E-state index in [1.165, 1.54) is 14.0 Å². The highest BCUT2D eigenvalue weighted by atomic mass is 16.6. The highest BCUT2D eigenvalue weighted by Gasteiger charge is 2.49. The lowest BCUT2D eigenvalue weighted by Gasteiger charge is -2.46. The summed E-state index contributed by atoms with van der Waals surface area (Å²) in [6.07, 6.45) is -1.84. The summed E-state index contributed by atoms with van der Waals surface area (Å²) in [5.74, 6) is -0.932. The van der Waals surface area contributed by atoms with Gasteiger partial charge >= 0.3 is 5.97 Å². The lowest BCUT2D eigenvalue weighted by atomic mass is 9.91. The van der Waals surface area contributed by atoms with Gasteiger partial charge in [0.15, 0.2) is 6.10 Å². The fourth-order valence-electron chi connectivity index (χ4n) is 6.71. The Kier molecular flexibility index (Phi) is 15.0. The van der Waals surface area contributed by atoms with Crippen LogP contribution in [-0.4, -0.2) is 61.0 Å². The standard InChI is InChI=1S/C47H49NO8/c1-35(49)48(29-36-18-8-3-9-19-36)44-41(53-31-38-22-12-5-13-23-38)28-42(47(50)51-2)56-46(44)45(55-33-40-26-16-7-17-27-40)43(54-32-39-24-14-6-15-25-39)34-52-30-37-20-10-4-11-21-37/h3-28,41,43-46H,29-34H2,1-2H3/t41-,43-,44-,45-,46-/m1/s1. The Bertz CT molecular complexity index is 1940. The third-order valence-corrected chi connectivity index (χ3v) is 9.56. The van der Waals surface area contributed by atoms with Gasteiger partial charge in [-0.15, -0.1) is 0 Å². The average molecular weight is 756 g/mol. The maximum atomic E-state index is 13.9. The molecule has 0 N–H and O–H groups in total. The molecule has 290 valence electrons. The van der Waals surface area contributed by atoms with Crippen LogP contribution in [0.3, 0.4) is 0 Å². The van der Waals surface area contributed by atoms with E-state index < -0.39 is 36.4 Å². The third-order valence-electron chi connectivity index (χ3n) is 9.56. The van der Waals surface area contributed by atoms with Crippen LogP contribution in [0.25, 0.3) is 0 Å². The third kappa shape index (κ3) is 11.5. The van der Waals surface area contributed by atoms with Crippen molar-refractivity contribution in [1.82, 2.24) is 4.90 Å². The van der Waals surface area contributed by atoms with Crippen molar-refractivity contribution in [3.63, 3.8) is 0 Å². The highest BCUT2D eigenvalue weighted by molar-refractivity contribution is 5.86. The van der Waals surface area contributed by atoms with Crippen molar-refractivity contribution < 1.29 is 38.0 Å². The van der Waals surface area contributed by atoms with Crippen molar-refractivity contribution in [2.45, 2.75) is 70.4 Å². The van der Waals surface area contributed by atoms with Gasteiger partial charge in [0, 0.05) is 13.5 Å². The van der Waals surface area contributed by atoms with Crippen molar-refractivity contribution in [3.8, 4) is 0 Å². The zero-order valence-electron chi connectivity index (χ0n) is 31.9. The summed E-state index contributed by atoms with van der Waals surface area (Å²) in [5.41, 5.74) is 4.71.